The summed E-state index contributed by atoms with van der Waals surface area (Å²) < 4.78 is 17.2. The molecule has 0 rings (SSSR count). The molecule has 0 aliphatic carbocycles. The Kier molecular flexibility index (Phi) is 45.9. The molecule has 0 fully saturated rings. The molecule has 0 saturated heterocycles. The number of quaternary nitrogens is 1. The zero-order valence-corrected chi connectivity index (χ0v) is 43.3. The summed E-state index contributed by atoms with van der Waals surface area (Å²) in [5, 5.41) is 11.7. The number of nitrogens with zero attached hydrogens (tertiary/aromatic N) is 1. The van der Waals surface area contributed by atoms with Gasteiger partial charge in [0.15, 0.2) is 6.10 Å². The Morgan fingerprint density at radius 3 is 1.23 bits per heavy atom. The third-order valence-electron chi connectivity index (χ3n) is 11.9. The van der Waals surface area contributed by atoms with E-state index in [2.05, 4.69) is 74.6 Å². The van der Waals surface area contributed by atoms with Gasteiger partial charge in [-0.2, -0.15) is 0 Å². The van der Waals surface area contributed by atoms with Crippen molar-refractivity contribution in [2.45, 2.75) is 238 Å². The minimum absolute atomic E-state index is 0.00921. The summed E-state index contributed by atoms with van der Waals surface area (Å²) in [5.41, 5.74) is 0. The van der Waals surface area contributed by atoms with E-state index in [1.165, 1.54) is 128 Å². The van der Waals surface area contributed by atoms with E-state index in [1.807, 2.05) is 12.2 Å². The van der Waals surface area contributed by atoms with Crippen molar-refractivity contribution in [2.75, 3.05) is 41.0 Å². The van der Waals surface area contributed by atoms with Crippen molar-refractivity contribution >= 4 is 17.9 Å². The number of carboxylic acid groups (broad SMARTS) is 1. The number of carbonyl (C=O) groups excluding carboxylic acids is 3. The highest BCUT2D eigenvalue weighted by molar-refractivity contribution is 5.70. The molecule has 66 heavy (non-hydrogen) atoms. The predicted octanol–water partition coefficient (Wildman–Crippen LogP) is 14.5. The predicted molar refractivity (Wildman–Crippen MR) is 277 cm³/mol. The molecule has 0 aliphatic heterocycles. The van der Waals surface area contributed by atoms with Crippen LogP contribution in [0.25, 0.3) is 0 Å². The topological polar surface area (TPSA) is 102 Å². The van der Waals surface area contributed by atoms with Crippen LogP contribution in [0.15, 0.2) is 72.9 Å². The zero-order chi connectivity index (χ0) is 48.4. The molecule has 8 nitrogen and oxygen atoms in total. The number of carboxylic acids is 1. The van der Waals surface area contributed by atoms with Gasteiger partial charge in [-0.1, -0.05) is 228 Å². The van der Waals surface area contributed by atoms with Crippen molar-refractivity contribution in [3.63, 3.8) is 0 Å². The summed E-state index contributed by atoms with van der Waals surface area (Å²) in [6, 6.07) is -0.742. The summed E-state index contributed by atoms with van der Waals surface area (Å²) in [4.78, 5) is 37.0. The van der Waals surface area contributed by atoms with Gasteiger partial charge in [0, 0.05) is 19.3 Å². The summed E-state index contributed by atoms with van der Waals surface area (Å²) in [6.45, 7) is 4.49. The quantitative estimate of drug-likeness (QED) is 0.0259. The molecule has 0 aliphatic rings. The highest BCUT2D eigenvalue weighted by Gasteiger charge is 2.25. The number of carbonyl (C=O) groups is 3. The molecule has 2 atom stereocenters. The molecule has 0 N–H and O–H groups in total. The fraction of sp³-hybridized carbons (Fsp3) is 0.741. The molecule has 0 saturated carbocycles. The molecule has 0 aromatic heterocycles. The smallest absolute Gasteiger partial charge is 0.306 e. The second kappa shape index (κ2) is 48.2. The number of unbranched alkanes of at least 4 members (excludes halogenated alkanes) is 22. The van der Waals surface area contributed by atoms with E-state index in [4.69, 9.17) is 14.2 Å². The van der Waals surface area contributed by atoms with Crippen molar-refractivity contribution in [1.29, 1.82) is 0 Å². The summed E-state index contributed by atoms with van der Waals surface area (Å²) >= 11 is 0. The maximum absolute atomic E-state index is 12.8. The molecule has 0 spiro atoms. The zero-order valence-electron chi connectivity index (χ0n) is 43.3. The van der Waals surface area contributed by atoms with E-state index in [0.29, 0.717) is 12.8 Å². The third-order valence-corrected chi connectivity index (χ3v) is 11.9. The first kappa shape index (κ1) is 62.8. The first-order valence-electron chi connectivity index (χ1n) is 27.0. The molecule has 380 valence electrons. The molecule has 0 aromatic carbocycles. The fourth-order valence-electron chi connectivity index (χ4n) is 7.75. The van der Waals surface area contributed by atoms with E-state index < -0.39 is 24.1 Å². The lowest BCUT2D eigenvalue weighted by atomic mass is 10.0. The van der Waals surface area contributed by atoms with E-state index in [0.717, 1.165) is 57.8 Å². The standard InChI is InChI=1S/C58H101NO7/c1-6-8-10-12-14-16-18-20-22-24-26-27-28-29-31-32-34-36-38-40-42-44-46-48-56(60)65-53-54(52-64-51-50-55(58(62)63)59(3,4)5)66-57(61)49-47-45-43-41-39-37-35-33-30-25-23-21-19-17-15-13-11-9-7-2/h9,11,15,17,21,23,30,33,37,39,43,45,54-55H,6-8,10,12-14,16,18-20,22,24-29,31-32,34-36,38,40-42,44,46-53H2,1-5H3/b11-9+,17-15+,23-21+,33-30+,39-37+,45-43+. The van der Waals surface area contributed by atoms with Crippen molar-refractivity contribution < 1.29 is 38.2 Å². The number of aliphatic carboxylic acids is 1. The maximum atomic E-state index is 12.8. The van der Waals surface area contributed by atoms with E-state index in [-0.39, 0.29) is 43.1 Å². The van der Waals surface area contributed by atoms with Crippen LogP contribution in [0, 0.1) is 0 Å². The normalized spacial score (nSPS) is 13.4. The second-order valence-corrected chi connectivity index (χ2v) is 19.1. The van der Waals surface area contributed by atoms with Crippen molar-refractivity contribution in [2.24, 2.45) is 0 Å². The number of rotatable bonds is 48. The molecule has 2 unspecified atom stereocenters. The lowest BCUT2D eigenvalue weighted by Gasteiger charge is -2.34. The lowest BCUT2D eigenvalue weighted by molar-refractivity contribution is -0.889. The lowest BCUT2D eigenvalue weighted by Crippen LogP contribution is -2.55. The van der Waals surface area contributed by atoms with Crippen LogP contribution in [0.1, 0.15) is 226 Å². The van der Waals surface area contributed by atoms with Gasteiger partial charge < -0.3 is 28.6 Å². The molecule has 8 heteroatoms. The van der Waals surface area contributed by atoms with Gasteiger partial charge in [0.2, 0.25) is 0 Å². The number of hydrogen-bond acceptors (Lipinski definition) is 7. The van der Waals surface area contributed by atoms with Gasteiger partial charge >= 0.3 is 11.9 Å². The van der Waals surface area contributed by atoms with Crippen LogP contribution < -0.4 is 5.11 Å². The van der Waals surface area contributed by atoms with Gasteiger partial charge in [0.25, 0.3) is 0 Å². The van der Waals surface area contributed by atoms with E-state index >= 15 is 0 Å². The van der Waals surface area contributed by atoms with Crippen molar-refractivity contribution in [3.05, 3.63) is 72.9 Å². The summed E-state index contributed by atoms with van der Waals surface area (Å²) in [5.74, 6) is -1.84. The largest absolute Gasteiger partial charge is 0.544 e. The van der Waals surface area contributed by atoms with Gasteiger partial charge in [-0.25, -0.2) is 0 Å². The Bertz CT molecular complexity index is 1310. The first-order chi connectivity index (χ1) is 32.1. The molecule has 0 aromatic rings. The molecule has 0 radical (unpaired) electrons. The van der Waals surface area contributed by atoms with Crippen LogP contribution in [0.5, 0.6) is 0 Å². The third kappa shape index (κ3) is 45.9. The minimum Gasteiger partial charge on any atom is -0.544 e. The molecule has 0 bridgehead atoms. The Hall–Kier alpha value is -3.23. The number of likely N-dealkylation sites (N-methyl/N-ethyl adjacent to an activating group) is 1. The average molecular weight is 924 g/mol. The Morgan fingerprint density at radius 2 is 0.848 bits per heavy atom. The van der Waals surface area contributed by atoms with Gasteiger partial charge in [0.05, 0.1) is 40.3 Å². The molecular weight excluding hydrogens is 823 g/mol. The van der Waals surface area contributed by atoms with Crippen LogP contribution in [0.4, 0.5) is 0 Å². The summed E-state index contributed by atoms with van der Waals surface area (Å²) in [6.07, 6.45) is 62.5. The Balaban J connectivity index is 4.28. The van der Waals surface area contributed by atoms with Crippen LogP contribution in [0.2, 0.25) is 0 Å². The Morgan fingerprint density at radius 1 is 0.470 bits per heavy atom. The molecule has 0 amide bonds. The molecular formula is C58H101NO7. The van der Waals surface area contributed by atoms with E-state index in [1.54, 1.807) is 21.1 Å². The number of allylic oxidation sites excluding steroid dienone is 12. The van der Waals surface area contributed by atoms with Crippen molar-refractivity contribution in [3.8, 4) is 0 Å². The highest BCUT2D eigenvalue weighted by atomic mass is 16.6. The highest BCUT2D eigenvalue weighted by Crippen LogP contribution is 2.16. The van der Waals surface area contributed by atoms with E-state index in [9.17, 15) is 19.5 Å². The number of ether oxygens (including phenoxy) is 3. The van der Waals surface area contributed by atoms with Gasteiger partial charge in [-0.05, 0) is 51.4 Å². The minimum atomic E-state index is -1.14. The number of hydrogen-bond donors (Lipinski definition) is 0. The summed E-state index contributed by atoms with van der Waals surface area (Å²) in [7, 11) is 5.39. The van der Waals surface area contributed by atoms with Crippen LogP contribution in [-0.4, -0.2) is 75.5 Å². The second-order valence-electron chi connectivity index (χ2n) is 19.1. The van der Waals surface area contributed by atoms with Crippen LogP contribution in [0.3, 0.4) is 0 Å². The van der Waals surface area contributed by atoms with Gasteiger partial charge in [-0.3, -0.25) is 9.59 Å². The number of esters is 2. The van der Waals surface area contributed by atoms with Crippen molar-refractivity contribution in [1.82, 2.24) is 0 Å². The monoisotopic (exact) mass is 924 g/mol. The van der Waals surface area contributed by atoms with Gasteiger partial charge in [-0.15, -0.1) is 0 Å². The molecule has 0 heterocycles. The van der Waals surface area contributed by atoms with Crippen LogP contribution in [-0.2, 0) is 28.6 Å². The fourth-order valence-corrected chi connectivity index (χ4v) is 7.75. The van der Waals surface area contributed by atoms with Gasteiger partial charge in [0.1, 0.15) is 12.6 Å². The average Bonchev–Trinajstić information content (AvgIpc) is 3.28. The maximum Gasteiger partial charge on any atom is 0.306 e. The Labute approximate surface area is 406 Å². The SMILES string of the molecule is CC/C=C/C/C=C/C/C=C/C/C=C/C/C=C/C/C=C/CCC(=O)OC(COCCC(C(=O)[O-])[N+](C)(C)C)COC(=O)CCCCCCCCCCCCCCCCCCCCCCCCC. The first-order valence-corrected chi connectivity index (χ1v) is 27.0. The van der Waals surface area contributed by atoms with Crippen LogP contribution >= 0.6 is 0 Å².